The normalized spacial score (nSPS) is 20.2. The molecule has 6 aromatic rings. The lowest BCUT2D eigenvalue weighted by Gasteiger charge is -2.35. The van der Waals surface area contributed by atoms with Crippen molar-refractivity contribution in [2.24, 2.45) is 5.92 Å². The van der Waals surface area contributed by atoms with Gasteiger partial charge in [0.1, 0.15) is 5.75 Å². The molecule has 0 spiro atoms. The van der Waals surface area contributed by atoms with Crippen LogP contribution < -0.4 is 20.3 Å². The highest BCUT2D eigenvalue weighted by Gasteiger charge is 2.29. The number of benzene rings is 2. The maximum atomic E-state index is 13.4. The van der Waals surface area contributed by atoms with E-state index in [0.717, 1.165) is 72.8 Å². The first-order chi connectivity index (χ1) is 26.4. The van der Waals surface area contributed by atoms with Gasteiger partial charge in [-0.25, -0.2) is 9.78 Å². The minimum absolute atomic E-state index is 0.218. The Morgan fingerprint density at radius 1 is 0.981 bits per heavy atom. The number of hydrogen-bond acceptors (Lipinski definition) is 8. The molecule has 54 heavy (non-hydrogen) atoms. The van der Waals surface area contributed by atoms with Gasteiger partial charge in [0.05, 0.1) is 41.6 Å². The van der Waals surface area contributed by atoms with Crippen molar-refractivity contribution in [2.75, 3.05) is 43.5 Å². The van der Waals surface area contributed by atoms with E-state index in [0.29, 0.717) is 53.7 Å². The predicted octanol–water partition coefficient (Wildman–Crippen LogP) is 6.20. The van der Waals surface area contributed by atoms with Crippen molar-refractivity contribution < 1.29 is 19.1 Å². The first kappa shape index (κ1) is 34.0. The number of rotatable bonds is 9. The van der Waals surface area contributed by atoms with Crippen LogP contribution in [0.3, 0.4) is 0 Å². The van der Waals surface area contributed by atoms with E-state index in [9.17, 15) is 14.4 Å². The highest BCUT2D eigenvalue weighted by Crippen LogP contribution is 2.37. The number of carbonyl (C=O) groups excluding carboxylic acids is 3. The Morgan fingerprint density at radius 3 is 2.65 bits per heavy atom. The highest BCUT2D eigenvalue weighted by molar-refractivity contribution is 6.10. The van der Waals surface area contributed by atoms with Crippen LogP contribution in [0.1, 0.15) is 73.8 Å². The van der Waals surface area contributed by atoms with Crippen molar-refractivity contribution >= 4 is 56.8 Å². The average molecular weight is 729 g/mol. The summed E-state index contributed by atoms with van der Waals surface area (Å²) in [4.78, 5) is 46.3. The molecular formula is C40H44N10O4. The number of nitrogens with one attached hydrogen (secondary N) is 2. The van der Waals surface area contributed by atoms with Crippen LogP contribution in [-0.2, 0) is 4.79 Å². The van der Waals surface area contributed by atoms with Crippen LogP contribution in [0.15, 0.2) is 73.3 Å². The molecule has 2 saturated heterocycles. The topological polar surface area (TPSA) is 144 Å². The van der Waals surface area contributed by atoms with Crippen LogP contribution in [0, 0.1) is 5.92 Å². The smallest absolute Gasteiger partial charge is 0.328 e. The van der Waals surface area contributed by atoms with E-state index < -0.39 is 0 Å². The second-order valence-corrected chi connectivity index (χ2v) is 14.8. The molecule has 9 rings (SSSR count). The molecule has 1 saturated carbocycles. The van der Waals surface area contributed by atoms with E-state index in [1.165, 1.54) is 19.3 Å². The molecule has 2 N–H and O–H groups in total. The largest absolute Gasteiger partial charge is 0.496 e. The predicted molar refractivity (Wildman–Crippen MR) is 205 cm³/mol. The number of ether oxygens (including phenoxy) is 1. The average Bonchev–Trinajstić information content (AvgIpc) is 3.94. The number of fused-ring (bicyclic) bond motifs is 3. The molecule has 0 unspecified atom stereocenters. The summed E-state index contributed by atoms with van der Waals surface area (Å²) in [6.07, 6.45) is 15.7. The summed E-state index contributed by atoms with van der Waals surface area (Å²) in [5, 5.41) is 16.5. The lowest BCUT2D eigenvalue weighted by Crippen LogP contribution is -2.49. The number of carbonyl (C=O) groups is 3. The molecule has 0 atom stereocenters. The molecule has 14 nitrogen and oxygen atoms in total. The van der Waals surface area contributed by atoms with Gasteiger partial charge in [-0.2, -0.15) is 14.7 Å². The van der Waals surface area contributed by atoms with Gasteiger partial charge in [-0.1, -0.05) is 6.07 Å². The Kier molecular flexibility index (Phi) is 8.97. The van der Waals surface area contributed by atoms with Crippen LogP contribution in [0.25, 0.3) is 27.5 Å². The maximum absolute atomic E-state index is 13.4. The number of methoxy groups -OCH3 is 1. The number of nitrogens with zero attached hydrogens (tertiary/aromatic N) is 8. The van der Waals surface area contributed by atoms with Gasteiger partial charge >= 0.3 is 6.03 Å². The maximum Gasteiger partial charge on any atom is 0.328 e. The Hall–Kier alpha value is -5.76. The molecule has 3 fully saturated rings. The van der Waals surface area contributed by atoms with Crippen LogP contribution >= 0.6 is 0 Å². The second kappa shape index (κ2) is 14.2. The van der Waals surface area contributed by atoms with Crippen molar-refractivity contribution in [3.63, 3.8) is 0 Å². The van der Waals surface area contributed by atoms with E-state index in [2.05, 4.69) is 59.4 Å². The summed E-state index contributed by atoms with van der Waals surface area (Å²) in [7, 11) is 1.57. The first-order valence-corrected chi connectivity index (χ1v) is 19.0. The number of urea groups is 1. The van der Waals surface area contributed by atoms with Crippen LogP contribution in [0.4, 0.5) is 16.3 Å². The summed E-state index contributed by atoms with van der Waals surface area (Å²) >= 11 is 0. The molecule has 1 aliphatic carbocycles. The molecular weight excluding hydrogens is 685 g/mol. The first-order valence-electron chi connectivity index (χ1n) is 19.0. The molecule has 4 amide bonds. The molecule has 14 heteroatoms. The van der Waals surface area contributed by atoms with Crippen molar-refractivity contribution in [1.29, 1.82) is 0 Å². The lowest BCUT2D eigenvalue weighted by molar-refractivity contribution is -0.120. The van der Waals surface area contributed by atoms with Gasteiger partial charge in [-0.05, 0) is 93.8 Å². The standard InChI is InChI=1S/C40H44N10O4/c1-54-35-23-32-27(22-31(35)39(52)43-37-24-41-36-6-3-16-42-50(36)37)25-49(45-32)29-9-7-26(8-10-29)11-17-46-18-12-28(13-19-46)47-20-14-30-33(47)4-2-5-34(30)48-21-15-38(51)44-40(48)53/h2-6,14,16,20,22-26,28-29H,7-13,15,17-19,21H2,1H3,(H,43,52)(H,44,51,53). The fraction of sp³-hybridized carbons (Fsp3) is 0.400. The van der Waals surface area contributed by atoms with Gasteiger partial charge in [0.25, 0.3) is 5.91 Å². The lowest BCUT2D eigenvalue weighted by atomic mass is 9.84. The van der Waals surface area contributed by atoms with Gasteiger partial charge in [0.15, 0.2) is 11.5 Å². The Labute approximate surface area is 312 Å². The summed E-state index contributed by atoms with van der Waals surface area (Å²) < 4.78 is 11.7. The zero-order valence-corrected chi connectivity index (χ0v) is 30.4. The minimum Gasteiger partial charge on any atom is -0.496 e. The van der Waals surface area contributed by atoms with Crippen LogP contribution in [0.2, 0.25) is 0 Å². The third-order valence-corrected chi connectivity index (χ3v) is 11.7. The fourth-order valence-corrected chi connectivity index (χ4v) is 8.71. The second-order valence-electron chi connectivity index (χ2n) is 14.8. The van der Waals surface area contributed by atoms with E-state index >= 15 is 0 Å². The number of aromatic nitrogens is 6. The minimum atomic E-state index is -0.347. The fourth-order valence-electron chi connectivity index (χ4n) is 8.71. The SMILES string of the molecule is COc1cc2nn(C3CCC(CCN4CCC(n5ccc6c(N7CCC(=O)NC7=O)cccc65)CC4)CC3)cc2cc1C(=O)Nc1cnc2cccnn12. The molecule has 0 bridgehead atoms. The number of anilines is 2. The number of likely N-dealkylation sites (tertiary alicyclic amines) is 1. The molecule has 4 aromatic heterocycles. The molecule has 0 radical (unpaired) electrons. The van der Waals surface area contributed by atoms with Gasteiger partial charge in [-0.15, -0.1) is 0 Å². The van der Waals surface area contributed by atoms with Crippen molar-refractivity contribution in [1.82, 2.24) is 39.2 Å². The molecule has 2 aliphatic heterocycles. The molecule has 6 heterocycles. The summed E-state index contributed by atoms with van der Waals surface area (Å²) in [5.74, 6) is 1.16. The molecule has 278 valence electrons. The summed E-state index contributed by atoms with van der Waals surface area (Å²) in [6, 6.07) is 16.0. The summed E-state index contributed by atoms with van der Waals surface area (Å²) in [6.45, 7) is 3.69. The summed E-state index contributed by atoms with van der Waals surface area (Å²) in [5.41, 5.74) is 3.89. The van der Waals surface area contributed by atoms with Gasteiger partial charge in [0.2, 0.25) is 5.91 Å². The van der Waals surface area contributed by atoms with E-state index in [1.807, 2.05) is 30.3 Å². The quantitative estimate of drug-likeness (QED) is 0.179. The number of imide groups is 1. The van der Waals surface area contributed by atoms with Crippen molar-refractivity contribution in [2.45, 2.75) is 63.5 Å². The van der Waals surface area contributed by atoms with Gasteiger partial charge in [0, 0.05) is 67.5 Å². The van der Waals surface area contributed by atoms with E-state index in [4.69, 9.17) is 9.84 Å². The third-order valence-electron chi connectivity index (χ3n) is 11.7. The Balaban J connectivity index is 0.777. The number of hydrogen-bond donors (Lipinski definition) is 2. The monoisotopic (exact) mass is 728 g/mol. The van der Waals surface area contributed by atoms with Crippen LogP contribution in [0.5, 0.6) is 5.75 Å². The van der Waals surface area contributed by atoms with Crippen LogP contribution in [-0.4, -0.2) is 85.0 Å². The number of piperidine rings is 1. The van der Waals surface area contributed by atoms with E-state index in [-0.39, 0.29) is 17.8 Å². The Bertz CT molecular complexity index is 2360. The Morgan fingerprint density at radius 2 is 1.83 bits per heavy atom. The number of imidazole rings is 1. The van der Waals surface area contributed by atoms with Crippen molar-refractivity contribution in [3.05, 3.63) is 78.9 Å². The number of amides is 4. The third kappa shape index (κ3) is 6.44. The van der Waals surface area contributed by atoms with Gasteiger partial charge < -0.3 is 19.5 Å². The molecule has 2 aromatic carbocycles. The van der Waals surface area contributed by atoms with E-state index in [1.54, 1.807) is 35.0 Å². The van der Waals surface area contributed by atoms with Gasteiger partial charge in [-0.3, -0.25) is 24.5 Å². The highest BCUT2D eigenvalue weighted by atomic mass is 16.5. The molecule has 3 aliphatic rings. The zero-order chi connectivity index (χ0) is 36.8. The zero-order valence-electron chi connectivity index (χ0n) is 30.4. The van der Waals surface area contributed by atoms with Crippen molar-refractivity contribution in [3.8, 4) is 5.75 Å².